The average Bonchev–Trinajstić information content (AvgIpc) is 2.99. The van der Waals surface area contributed by atoms with E-state index in [4.69, 9.17) is 4.74 Å². The Morgan fingerprint density at radius 3 is 2.55 bits per heavy atom. The zero-order valence-electron chi connectivity index (χ0n) is 12.5. The fourth-order valence-electron chi connectivity index (χ4n) is 2.53. The molecule has 0 saturated heterocycles. The van der Waals surface area contributed by atoms with Crippen molar-refractivity contribution in [2.24, 2.45) is 0 Å². The summed E-state index contributed by atoms with van der Waals surface area (Å²) in [6.07, 6.45) is 2.43. The Hall–Kier alpha value is -2.88. The van der Waals surface area contributed by atoms with Crippen molar-refractivity contribution in [3.63, 3.8) is 0 Å². The summed E-state index contributed by atoms with van der Waals surface area (Å²) in [6.45, 7) is 1.98. The van der Waals surface area contributed by atoms with Crippen molar-refractivity contribution in [2.75, 3.05) is 7.11 Å². The van der Waals surface area contributed by atoms with E-state index in [9.17, 15) is 4.79 Å². The lowest BCUT2D eigenvalue weighted by Gasteiger charge is -2.11. The molecule has 4 heteroatoms. The highest BCUT2D eigenvalue weighted by Crippen LogP contribution is 2.29. The molecule has 2 aromatic carbocycles. The van der Waals surface area contributed by atoms with Gasteiger partial charge in [0.1, 0.15) is 5.75 Å². The maximum atomic E-state index is 11.4. The highest BCUT2D eigenvalue weighted by atomic mass is 16.5. The van der Waals surface area contributed by atoms with Gasteiger partial charge in [0.05, 0.1) is 30.3 Å². The SMILES string of the molecule is COc1ccc(-c2c(C=O)cnn2-c2ccccc2)cc1C. The topological polar surface area (TPSA) is 44.1 Å². The molecule has 1 heterocycles. The molecule has 0 aliphatic carbocycles. The molecule has 0 amide bonds. The number of hydrogen-bond donors (Lipinski definition) is 0. The van der Waals surface area contributed by atoms with E-state index in [0.29, 0.717) is 5.56 Å². The fourth-order valence-corrected chi connectivity index (χ4v) is 2.53. The summed E-state index contributed by atoms with van der Waals surface area (Å²) in [5.41, 5.74) is 4.21. The third kappa shape index (κ3) is 2.39. The van der Waals surface area contributed by atoms with Gasteiger partial charge in [-0.3, -0.25) is 4.79 Å². The molecule has 0 aliphatic heterocycles. The summed E-state index contributed by atoms with van der Waals surface area (Å²) in [4.78, 5) is 11.4. The van der Waals surface area contributed by atoms with Gasteiger partial charge >= 0.3 is 0 Å². The van der Waals surface area contributed by atoms with Crippen molar-refractivity contribution in [3.05, 3.63) is 65.9 Å². The maximum Gasteiger partial charge on any atom is 0.153 e. The van der Waals surface area contributed by atoms with Crippen molar-refractivity contribution in [1.29, 1.82) is 0 Å². The number of para-hydroxylation sites is 1. The lowest BCUT2D eigenvalue weighted by molar-refractivity contribution is 0.112. The van der Waals surface area contributed by atoms with Crippen LogP contribution in [0.4, 0.5) is 0 Å². The van der Waals surface area contributed by atoms with Crippen LogP contribution >= 0.6 is 0 Å². The Morgan fingerprint density at radius 2 is 1.91 bits per heavy atom. The van der Waals surface area contributed by atoms with Crippen LogP contribution in [0.3, 0.4) is 0 Å². The molecule has 0 atom stereocenters. The number of aryl methyl sites for hydroxylation is 1. The summed E-state index contributed by atoms with van der Waals surface area (Å²) in [7, 11) is 1.65. The monoisotopic (exact) mass is 292 g/mol. The second-order valence-corrected chi connectivity index (χ2v) is 5.00. The molecule has 3 aromatic rings. The Kier molecular flexibility index (Phi) is 3.74. The molecule has 0 bridgehead atoms. The predicted molar refractivity (Wildman–Crippen MR) is 85.7 cm³/mol. The minimum atomic E-state index is 0.563. The van der Waals surface area contributed by atoms with Crippen LogP contribution in [0, 0.1) is 6.92 Å². The summed E-state index contributed by atoms with van der Waals surface area (Å²) >= 11 is 0. The Bertz CT molecular complexity index is 807. The second-order valence-electron chi connectivity index (χ2n) is 5.00. The fraction of sp³-hybridized carbons (Fsp3) is 0.111. The zero-order chi connectivity index (χ0) is 15.5. The van der Waals surface area contributed by atoms with Gasteiger partial charge < -0.3 is 4.74 Å². The van der Waals surface area contributed by atoms with Gasteiger partial charge in [0.25, 0.3) is 0 Å². The van der Waals surface area contributed by atoms with Crippen molar-refractivity contribution < 1.29 is 9.53 Å². The van der Waals surface area contributed by atoms with Gasteiger partial charge in [-0.05, 0) is 42.8 Å². The van der Waals surface area contributed by atoms with Crippen LogP contribution in [-0.4, -0.2) is 23.2 Å². The molecular weight excluding hydrogens is 276 g/mol. The first kappa shape index (κ1) is 14.1. The highest BCUT2D eigenvalue weighted by Gasteiger charge is 2.15. The quantitative estimate of drug-likeness (QED) is 0.689. The molecule has 110 valence electrons. The van der Waals surface area contributed by atoms with Gasteiger partial charge in [0.2, 0.25) is 0 Å². The van der Waals surface area contributed by atoms with Crippen LogP contribution in [0.1, 0.15) is 15.9 Å². The van der Waals surface area contributed by atoms with Crippen molar-refractivity contribution in [3.8, 4) is 22.7 Å². The number of carbonyl (C=O) groups is 1. The van der Waals surface area contributed by atoms with Crippen molar-refractivity contribution >= 4 is 6.29 Å². The minimum absolute atomic E-state index is 0.563. The van der Waals surface area contributed by atoms with Gasteiger partial charge in [0, 0.05) is 5.56 Å². The molecule has 1 aromatic heterocycles. The first-order chi connectivity index (χ1) is 10.7. The summed E-state index contributed by atoms with van der Waals surface area (Å²) in [5.74, 6) is 0.821. The van der Waals surface area contributed by atoms with E-state index in [1.807, 2.05) is 55.5 Å². The van der Waals surface area contributed by atoms with Crippen LogP contribution in [0.2, 0.25) is 0 Å². The summed E-state index contributed by atoms with van der Waals surface area (Å²) in [6, 6.07) is 15.6. The third-order valence-electron chi connectivity index (χ3n) is 3.59. The number of aldehydes is 1. The van der Waals surface area contributed by atoms with Crippen LogP contribution in [0.5, 0.6) is 5.75 Å². The number of nitrogens with zero attached hydrogens (tertiary/aromatic N) is 2. The molecule has 22 heavy (non-hydrogen) atoms. The van der Waals surface area contributed by atoms with Gasteiger partial charge in [-0.1, -0.05) is 18.2 Å². The van der Waals surface area contributed by atoms with E-state index in [1.54, 1.807) is 18.0 Å². The molecule has 0 fully saturated rings. The van der Waals surface area contributed by atoms with Crippen LogP contribution in [0.15, 0.2) is 54.7 Å². The lowest BCUT2D eigenvalue weighted by Crippen LogP contribution is -2.00. The Labute approximate surface area is 129 Å². The van der Waals surface area contributed by atoms with Crippen LogP contribution < -0.4 is 4.74 Å². The lowest BCUT2D eigenvalue weighted by atomic mass is 10.0. The van der Waals surface area contributed by atoms with E-state index in [0.717, 1.165) is 34.5 Å². The van der Waals surface area contributed by atoms with Gasteiger partial charge in [-0.2, -0.15) is 5.10 Å². The van der Waals surface area contributed by atoms with Crippen molar-refractivity contribution in [2.45, 2.75) is 6.92 Å². The molecule has 0 spiro atoms. The van der Waals surface area contributed by atoms with Gasteiger partial charge in [0.15, 0.2) is 6.29 Å². The Morgan fingerprint density at radius 1 is 1.14 bits per heavy atom. The highest BCUT2D eigenvalue weighted by molar-refractivity contribution is 5.86. The Balaban J connectivity index is 2.19. The standard InChI is InChI=1S/C18H16N2O2/c1-13-10-14(8-9-17(13)22-2)18-15(12-21)11-19-20(18)16-6-4-3-5-7-16/h3-12H,1-2H3. The van der Waals surface area contributed by atoms with Gasteiger partial charge in [-0.15, -0.1) is 0 Å². The minimum Gasteiger partial charge on any atom is -0.496 e. The van der Waals surface area contributed by atoms with E-state index < -0.39 is 0 Å². The molecule has 0 unspecified atom stereocenters. The third-order valence-corrected chi connectivity index (χ3v) is 3.59. The van der Waals surface area contributed by atoms with E-state index in [-0.39, 0.29) is 0 Å². The van der Waals surface area contributed by atoms with Crippen LogP contribution in [0.25, 0.3) is 16.9 Å². The number of methoxy groups -OCH3 is 1. The zero-order valence-corrected chi connectivity index (χ0v) is 12.5. The largest absolute Gasteiger partial charge is 0.496 e. The number of benzene rings is 2. The molecule has 0 radical (unpaired) electrons. The van der Waals surface area contributed by atoms with E-state index in [1.165, 1.54) is 0 Å². The smallest absolute Gasteiger partial charge is 0.153 e. The first-order valence-electron chi connectivity index (χ1n) is 6.98. The molecule has 3 rings (SSSR count). The van der Waals surface area contributed by atoms with Gasteiger partial charge in [-0.25, -0.2) is 4.68 Å². The number of carbonyl (C=O) groups excluding carboxylic acids is 1. The van der Waals surface area contributed by atoms with Crippen LogP contribution in [-0.2, 0) is 0 Å². The van der Waals surface area contributed by atoms with Crippen molar-refractivity contribution in [1.82, 2.24) is 9.78 Å². The number of aromatic nitrogens is 2. The second kappa shape index (κ2) is 5.85. The number of hydrogen-bond acceptors (Lipinski definition) is 3. The van der Waals surface area contributed by atoms with E-state index in [2.05, 4.69) is 5.10 Å². The molecule has 0 saturated carbocycles. The normalized spacial score (nSPS) is 10.5. The number of rotatable bonds is 4. The predicted octanol–water partition coefficient (Wildman–Crippen LogP) is 3.67. The molecule has 0 aliphatic rings. The maximum absolute atomic E-state index is 11.4. The first-order valence-corrected chi connectivity index (χ1v) is 6.98. The number of ether oxygens (including phenoxy) is 1. The van der Waals surface area contributed by atoms with E-state index >= 15 is 0 Å². The summed E-state index contributed by atoms with van der Waals surface area (Å²) in [5, 5.41) is 4.36. The molecule has 0 N–H and O–H groups in total. The summed E-state index contributed by atoms with van der Waals surface area (Å²) < 4.78 is 7.08. The molecular formula is C18H16N2O2. The molecule has 4 nitrogen and oxygen atoms in total. The average molecular weight is 292 g/mol.